The lowest BCUT2D eigenvalue weighted by atomic mass is 10.2. The Kier molecular flexibility index (Phi) is 4.87. The van der Waals surface area contributed by atoms with Crippen LogP contribution in [-0.4, -0.2) is 24.8 Å². The molecule has 3 nitrogen and oxygen atoms in total. The first-order chi connectivity index (χ1) is 5.49. The normalized spacial score (nSPS) is 13.9. The van der Waals surface area contributed by atoms with Crippen LogP contribution in [0, 0.1) is 11.3 Å². The molecular formula is C9H18N2O. The van der Waals surface area contributed by atoms with Crippen molar-refractivity contribution in [3.63, 3.8) is 0 Å². The molecule has 1 atom stereocenters. The highest BCUT2D eigenvalue weighted by molar-refractivity contribution is 4.89. The van der Waals surface area contributed by atoms with E-state index in [4.69, 9.17) is 10.00 Å². The zero-order valence-corrected chi connectivity index (χ0v) is 8.35. The van der Waals surface area contributed by atoms with Gasteiger partial charge >= 0.3 is 0 Å². The van der Waals surface area contributed by atoms with Crippen LogP contribution in [0.2, 0.25) is 0 Å². The van der Waals surface area contributed by atoms with Crippen molar-refractivity contribution in [1.82, 2.24) is 5.32 Å². The molecule has 0 aromatic rings. The van der Waals surface area contributed by atoms with Gasteiger partial charge in [-0.15, -0.1) is 0 Å². The minimum Gasteiger partial charge on any atom is -0.373 e. The summed E-state index contributed by atoms with van der Waals surface area (Å²) in [6.45, 7) is 9.16. The van der Waals surface area contributed by atoms with Crippen molar-refractivity contribution in [2.75, 3.05) is 13.2 Å². The van der Waals surface area contributed by atoms with Crippen LogP contribution in [0.3, 0.4) is 0 Å². The van der Waals surface area contributed by atoms with Crippen molar-refractivity contribution >= 4 is 0 Å². The lowest BCUT2D eigenvalue weighted by Crippen LogP contribution is -2.35. The molecule has 0 bridgehead atoms. The number of nitrogens with zero attached hydrogens (tertiary/aromatic N) is 1. The lowest BCUT2D eigenvalue weighted by molar-refractivity contribution is -0.00792. The lowest BCUT2D eigenvalue weighted by Gasteiger charge is -2.21. The van der Waals surface area contributed by atoms with Gasteiger partial charge in [0.2, 0.25) is 0 Å². The van der Waals surface area contributed by atoms with Crippen molar-refractivity contribution in [3.8, 4) is 6.07 Å². The van der Waals surface area contributed by atoms with E-state index in [1.165, 1.54) is 0 Å². The molecule has 0 aromatic carbocycles. The number of ether oxygens (including phenoxy) is 1. The van der Waals surface area contributed by atoms with Gasteiger partial charge in [0.1, 0.15) is 6.04 Å². The van der Waals surface area contributed by atoms with Gasteiger partial charge in [-0.25, -0.2) is 0 Å². The zero-order chi connectivity index (χ0) is 9.61. The SMILES string of the molecule is CCNC(C#N)COC(C)(C)C. The van der Waals surface area contributed by atoms with Gasteiger partial charge in [-0.05, 0) is 27.3 Å². The molecule has 70 valence electrons. The van der Waals surface area contributed by atoms with Gasteiger partial charge in [0.25, 0.3) is 0 Å². The van der Waals surface area contributed by atoms with E-state index < -0.39 is 0 Å². The van der Waals surface area contributed by atoms with Crippen molar-refractivity contribution in [3.05, 3.63) is 0 Å². The Balaban J connectivity index is 3.67. The first kappa shape index (κ1) is 11.4. The van der Waals surface area contributed by atoms with E-state index in [9.17, 15) is 0 Å². The molecule has 0 saturated heterocycles. The van der Waals surface area contributed by atoms with E-state index in [0.29, 0.717) is 6.61 Å². The third-order valence-electron chi connectivity index (χ3n) is 1.29. The van der Waals surface area contributed by atoms with Crippen LogP contribution in [0.25, 0.3) is 0 Å². The Bertz CT molecular complexity index is 155. The average Bonchev–Trinajstić information content (AvgIpc) is 1.96. The summed E-state index contributed by atoms with van der Waals surface area (Å²) in [6, 6.07) is 1.95. The van der Waals surface area contributed by atoms with Gasteiger partial charge in [-0.3, -0.25) is 0 Å². The third kappa shape index (κ3) is 6.14. The molecule has 3 heteroatoms. The van der Waals surface area contributed by atoms with E-state index in [1.54, 1.807) is 0 Å². The topological polar surface area (TPSA) is 45.0 Å². The van der Waals surface area contributed by atoms with Gasteiger partial charge in [-0.2, -0.15) is 5.26 Å². The Hall–Kier alpha value is -0.590. The second-order valence-corrected chi connectivity index (χ2v) is 3.66. The van der Waals surface area contributed by atoms with E-state index in [-0.39, 0.29) is 11.6 Å². The monoisotopic (exact) mass is 170 g/mol. The molecule has 0 rings (SSSR count). The largest absolute Gasteiger partial charge is 0.373 e. The summed E-state index contributed by atoms with van der Waals surface area (Å²) in [7, 11) is 0. The standard InChI is InChI=1S/C9H18N2O/c1-5-11-8(6-10)7-12-9(2,3)4/h8,11H,5,7H2,1-4H3. The molecule has 0 fully saturated rings. The molecule has 12 heavy (non-hydrogen) atoms. The molecule has 0 aromatic heterocycles. The Morgan fingerprint density at radius 1 is 1.50 bits per heavy atom. The number of likely N-dealkylation sites (N-methyl/N-ethyl adjacent to an activating group) is 1. The van der Waals surface area contributed by atoms with E-state index in [0.717, 1.165) is 6.54 Å². The molecule has 1 N–H and O–H groups in total. The van der Waals surface area contributed by atoms with E-state index in [2.05, 4.69) is 11.4 Å². The number of hydrogen-bond donors (Lipinski definition) is 1. The van der Waals surface area contributed by atoms with E-state index in [1.807, 2.05) is 27.7 Å². The molecule has 0 aliphatic heterocycles. The predicted molar refractivity (Wildman–Crippen MR) is 48.8 cm³/mol. The Labute approximate surface area is 74.7 Å². The summed E-state index contributed by atoms with van der Waals surface area (Å²) < 4.78 is 5.45. The minimum absolute atomic E-state index is 0.162. The van der Waals surface area contributed by atoms with Crippen molar-refractivity contribution in [2.24, 2.45) is 0 Å². The predicted octanol–water partition coefficient (Wildman–Crippen LogP) is 1.30. The third-order valence-corrected chi connectivity index (χ3v) is 1.29. The second-order valence-electron chi connectivity index (χ2n) is 3.66. The summed E-state index contributed by atoms with van der Waals surface area (Å²) in [6.07, 6.45) is 0. The minimum atomic E-state index is -0.186. The Morgan fingerprint density at radius 3 is 2.42 bits per heavy atom. The number of hydrogen-bond acceptors (Lipinski definition) is 3. The van der Waals surface area contributed by atoms with Crippen molar-refractivity contribution in [2.45, 2.75) is 39.3 Å². The van der Waals surface area contributed by atoms with Crippen LogP contribution < -0.4 is 5.32 Å². The maximum absolute atomic E-state index is 8.66. The molecule has 0 amide bonds. The fourth-order valence-electron chi connectivity index (χ4n) is 0.722. The average molecular weight is 170 g/mol. The van der Waals surface area contributed by atoms with Crippen LogP contribution in [0.5, 0.6) is 0 Å². The summed E-state index contributed by atoms with van der Waals surface area (Å²) in [5, 5.41) is 11.7. The summed E-state index contributed by atoms with van der Waals surface area (Å²) >= 11 is 0. The molecule has 0 spiro atoms. The van der Waals surface area contributed by atoms with Crippen LogP contribution >= 0.6 is 0 Å². The van der Waals surface area contributed by atoms with Gasteiger partial charge in [0.15, 0.2) is 0 Å². The molecular weight excluding hydrogens is 152 g/mol. The van der Waals surface area contributed by atoms with Crippen molar-refractivity contribution in [1.29, 1.82) is 5.26 Å². The summed E-state index contributed by atoms with van der Waals surface area (Å²) in [5.41, 5.74) is -0.162. The summed E-state index contributed by atoms with van der Waals surface area (Å²) in [5.74, 6) is 0. The molecule has 0 aliphatic rings. The second kappa shape index (κ2) is 5.13. The molecule has 0 aliphatic carbocycles. The van der Waals surface area contributed by atoms with Crippen LogP contribution in [-0.2, 0) is 4.74 Å². The highest BCUT2D eigenvalue weighted by Gasteiger charge is 2.13. The fraction of sp³-hybridized carbons (Fsp3) is 0.889. The van der Waals surface area contributed by atoms with Crippen LogP contribution in [0.4, 0.5) is 0 Å². The molecule has 0 heterocycles. The molecule has 1 unspecified atom stereocenters. The first-order valence-corrected chi connectivity index (χ1v) is 4.26. The number of rotatable bonds is 4. The smallest absolute Gasteiger partial charge is 0.119 e. The van der Waals surface area contributed by atoms with Crippen LogP contribution in [0.1, 0.15) is 27.7 Å². The zero-order valence-electron chi connectivity index (χ0n) is 8.35. The van der Waals surface area contributed by atoms with Crippen molar-refractivity contribution < 1.29 is 4.74 Å². The van der Waals surface area contributed by atoms with Crippen LogP contribution in [0.15, 0.2) is 0 Å². The van der Waals surface area contributed by atoms with Gasteiger partial charge in [-0.1, -0.05) is 6.92 Å². The van der Waals surface area contributed by atoms with E-state index >= 15 is 0 Å². The maximum atomic E-state index is 8.66. The Morgan fingerprint density at radius 2 is 2.08 bits per heavy atom. The highest BCUT2D eigenvalue weighted by atomic mass is 16.5. The van der Waals surface area contributed by atoms with Gasteiger partial charge in [0, 0.05) is 0 Å². The number of nitrogens with one attached hydrogen (secondary N) is 1. The number of nitriles is 1. The van der Waals surface area contributed by atoms with Gasteiger partial charge in [0.05, 0.1) is 18.3 Å². The molecule has 0 saturated carbocycles. The quantitative estimate of drug-likeness (QED) is 0.691. The fourth-order valence-corrected chi connectivity index (χ4v) is 0.722. The van der Waals surface area contributed by atoms with Gasteiger partial charge < -0.3 is 10.1 Å². The first-order valence-electron chi connectivity index (χ1n) is 4.26. The maximum Gasteiger partial charge on any atom is 0.119 e. The highest BCUT2D eigenvalue weighted by Crippen LogP contribution is 2.06. The summed E-state index contributed by atoms with van der Waals surface area (Å²) in [4.78, 5) is 0. The molecule has 0 radical (unpaired) electrons.